The molecule has 0 unspecified atom stereocenters. The normalized spacial score (nSPS) is 10.9. The lowest BCUT2D eigenvalue weighted by molar-refractivity contribution is 1.20. The predicted octanol–water partition coefficient (Wildman–Crippen LogP) is 3.57. The van der Waals surface area contributed by atoms with Crippen molar-refractivity contribution in [1.82, 2.24) is 4.48 Å². The summed E-state index contributed by atoms with van der Waals surface area (Å²) in [6.45, 7) is 15.1. The second kappa shape index (κ2) is 6.50. The van der Waals surface area contributed by atoms with Gasteiger partial charge in [0.05, 0.1) is 0 Å². The second-order valence-corrected chi connectivity index (χ2v) is 3.75. The maximum absolute atomic E-state index is 3.88. The Morgan fingerprint density at radius 3 is 1.44 bits per heavy atom. The largest absolute Gasteiger partial charge is 0.393 e. The molecule has 0 atom stereocenters. The topological polar surface area (TPSA) is 4.93 Å². The van der Waals surface area contributed by atoms with Gasteiger partial charge in [0.15, 0.2) is 0 Å². The highest BCUT2D eigenvalue weighted by molar-refractivity contribution is 6.10. The van der Waals surface area contributed by atoms with Gasteiger partial charge >= 0.3 is 0 Å². The summed E-state index contributed by atoms with van der Waals surface area (Å²) in [6.07, 6.45) is 15.1. The molecule has 0 N–H and O–H groups in total. The van der Waals surface area contributed by atoms with E-state index in [2.05, 4.69) is 30.8 Å². The molecule has 1 aromatic rings. The van der Waals surface area contributed by atoms with E-state index in [9.17, 15) is 0 Å². The molecule has 0 saturated carbocycles. The molecule has 90 valence electrons. The lowest BCUT2D eigenvalue weighted by Crippen LogP contribution is -1.97. The van der Waals surface area contributed by atoms with Crippen molar-refractivity contribution in [2.75, 3.05) is 0 Å². The molecule has 0 aliphatic heterocycles. The van der Waals surface area contributed by atoms with Crippen LogP contribution in [0, 0.1) is 0 Å². The summed E-state index contributed by atoms with van der Waals surface area (Å²) in [5.74, 6) is 0. The third-order valence-electron chi connectivity index (χ3n) is 2.75. The van der Waals surface area contributed by atoms with Gasteiger partial charge in [-0.15, -0.1) is 0 Å². The van der Waals surface area contributed by atoms with E-state index in [0.29, 0.717) is 0 Å². The van der Waals surface area contributed by atoms with Crippen LogP contribution in [-0.2, 0) is 0 Å². The molecule has 18 heavy (non-hydrogen) atoms. The van der Waals surface area contributed by atoms with E-state index in [-0.39, 0.29) is 0 Å². The highest BCUT2D eigenvalue weighted by Gasteiger charge is 2.12. The van der Waals surface area contributed by atoms with Gasteiger partial charge < -0.3 is 4.48 Å². The first kappa shape index (κ1) is 13.8. The quantitative estimate of drug-likeness (QED) is 0.524. The van der Waals surface area contributed by atoms with Crippen LogP contribution in [0.15, 0.2) is 50.6 Å². The summed E-state index contributed by atoms with van der Waals surface area (Å²) in [6, 6.07) is 0. The molecule has 1 rings (SSSR count). The minimum absolute atomic E-state index is 1.08. The minimum Gasteiger partial charge on any atom is -0.393 e. The van der Waals surface area contributed by atoms with Gasteiger partial charge in [-0.1, -0.05) is 62.8 Å². The van der Waals surface area contributed by atoms with Gasteiger partial charge in [-0.25, -0.2) is 0 Å². The predicted molar refractivity (Wildman–Crippen MR) is 87.0 cm³/mol. The Morgan fingerprint density at radius 2 is 1.17 bits per heavy atom. The van der Waals surface area contributed by atoms with Gasteiger partial charge in [-0.2, -0.15) is 0 Å². The van der Waals surface area contributed by atoms with Gasteiger partial charge in [-0.3, -0.25) is 0 Å². The van der Waals surface area contributed by atoms with Crippen LogP contribution >= 0.6 is 0 Å². The van der Waals surface area contributed by atoms with Crippen LogP contribution in [0.4, 0.5) is 0 Å². The van der Waals surface area contributed by atoms with Crippen LogP contribution < -0.4 is 0 Å². The molecule has 0 radical (unpaired) electrons. The first-order valence-electron chi connectivity index (χ1n) is 5.77. The van der Waals surface area contributed by atoms with Crippen LogP contribution in [-0.4, -0.2) is 12.5 Å². The molecule has 0 fully saturated rings. The van der Waals surface area contributed by atoms with Gasteiger partial charge in [-0.05, 0) is 12.2 Å². The molecule has 2 heteroatoms. The zero-order chi connectivity index (χ0) is 13.5. The molecule has 1 heterocycles. The smallest absolute Gasteiger partial charge is 0.223 e. The van der Waals surface area contributed by atoms with E-state index in [1.165, 1.54) is 0 Å². The molecule has 0 saturated heterocycles. The van der Waals surface area contributed by atoms with Crippen LogP contribution in [0.5, 0.6) is 0 Å². The molecule has 0 bridgehead atoms. The van der Waals surface area contributed by atoms with Crippen molar-refractivity contribution in [3.8, 4) is 0 Å². The van der Waals surface area contributed by atoms with Crippen LogP contribution in [0.2, 0.25) is 0 Å². The van der Waals surface area contributed by atoms with Crippen molar-refractivity contribution >= 4 is 32.3 Å². The van der Waals surface area contributed by atoms with Gasteiger partial charge in [0.2, 0.25) is 7.98 Å². The molecule has 0 spiro atoms. The SMILES string of the molecule is Bn1c(/C=C\C=C)c(C=C)c(C=C)c1/C=C\C=C. The molecule has 0 amide bonds. The third kappa shape index (κ3) is 2.54. The third-order valence-corrected chi connectivity index (χ3v) is 2.75. The number of rotatable bonds is 6. The fourth-order valence-corrected chi connectivity index (χ4v) is 1.92. The maximum atomic E-state index is 3.88. The zero-order valence-corrected chi connectivity index (χ0v) is 10.9. The Morgan fingerprint density at radius 1 is 0.778 bits per heavy atom. The van der Waals surface area contributed by atoms with Crippen LogP contribution in [0.3, 0.4) is 0 Å². The molecule has 0 aliphatic rings. The molecule has 1 aromatic heterocycles. The maximum Gasteiger partial charge on any atom is 0.223 e. The first-order chi connectivity index (χ1) is 8.71. The van der Waals surface area contributed by atoms with E-state index >= 15 is 0 Å². The number of hydrogen-bond acceptors (Lipinski definition) is 0. The fourth-order valence-electron chi connectivity index (χ4n) is 1.92. The van der Waals surface area contributed by atoms with Crippen molar-refractivity contribution in [1.29, 1.82) is 0 Å². The summed E-state index contributed by atoms with van der Waals surface area (Å²) >= 11 is 0. The average molecular weight is 235 g/mol. The monoisotopic (exact) mass is 235 g/mol. The number of nitrogens with zero attached hydrogens (tertiary/aromatic N) is 1. The van der Waals surface area contributed by atoms with Crippen LogP contribution in [0.1, 0.15) is 22.5 Å². The Balaban J connectivity index is 3.56. The van der Waals surface area contributed by atoms with Gasteiger partial charge in [0, 0.05) is 22.5 Å². The van der Waals surface area contributed by atoms with Crippen molar-refractivity contribution < 1.29 is 0 Å². The number of allylic oxidation sites excluding steroid dienone is 4. The average Bonchev–Trinajstić information content (AvgIpc) is 2.65. The molecule has 0 aromatic carbocycles. The van der Waals surface area contributed by atoms with E-state index < -0.39 is 0 Å². The van der Waals surface area contributed by atoms with Crippen molar-refractivity contribution in [2.45, 2.75) is 0 Å². The first-order valence-corrected chi connectivity index (χ1v) is 5.77. The standard InChI is InChI=1S/C16H18BN/c1-5-9-11-15-13(7-3)14(8-4)16(18(15)17)12-10-6-2/h5-12H,1-4,17H2/b11-9-,12-10-. The Labute approximate surface area is 110 Å². The van der Waals surface area contributed by atoms with Crippen molar-refractivity contribution in [3.63, 3.8) is 0 Å². The second-order valence-electron chi connectivity index (χ2n) is 3.75. The van der Waals surface area contributed by atoms with E-state index in [4.69, 9.17) is 0 Å². The lowest BCUT2D eigenvalue weighted by atomic mass is 10.1. The highest BCUT2D eigenvalue weighted by Crippen LogP contribution is 2.26. The lowest BCUT2D eigenvalue weighted by Gasteiger charge is -2.01. The van der Waals surface area contributed by atoms with Gasteiger partial charge in [0.25, 0.3) is 0 Å². The minimum atomic E-state index is 1.08. The number of aromatic nitrogens is 1. The van der Waals surface area contributed by atoms with Crippen molar-refractivity contribution in [3.05, 3.63) is 73.1 Å². The fraction of sp³-hybridized carbons (Fsp3) is 0. The van der Waals surface area contributed by atoms with Crippen molar-refractivity contribution in [2.24, 2.45) is 0 Å². The summed E-state index contributed by atoms with van der Waals surface area (Å²) in [5.41, 5.74) is 4.33. The highest BCUT2D eigenvalue weighted by atomic mass is 14.9. The molecular weight excluding hydrogens is 217 g/mol. The van der Waals surface area contributed by atoms with E-state index in [0.717, 1.165) is 22.5 Å². The zero-order valence-electron chi connectivity index (χ0n) is 10.9. The molecule has 0 aliphatic carbocycles. The van der Waals surface area contributed by atoms with E-state index in [1.807, 2.05) is 44.4 Å². The molecule has 1 nitrogen and oxygen atoms in total. The Kier molecular flexibility index (Phi) is 5.00. The molecular formula is C16H18BN. The number of hydrogen-bond donors (Lipinski definition) is 0. The Bertz CT molecular complexity index is 494. The summed E-state index contributed by atoms with van der Waals surface area (Å²) in [5, 5.41) is 0. The Hall–Kier alpha value is -2.22. The summed E-state index contributed by atoms with van der Waals surface area (Å²) in [4.78, 5) is 0. The van der Waals surface area contributed by atoms with E-state index in [1.54, 1.807) is 12.2 Å². The summed E-state index contributed by atoms with van der Waals surface area (Å²) in [7, 11) is 2.02. The van der Waals surface area contributed by atoms with Crippen LogP contribution in [0.25, 0.3) is 24.3 Å². The van der Waals surface area contributed by atoms with Gasteiger partial charge in [0.1, 0.15) is 0 Å². The summed E-state index contributed by atoms with van der Waals surface area (Å²) < 4.78 is 2.11.